The van der Waals surface area contributed by atoms with Crippen LogP contribution in [0.3, 0.4) is 0 Å². The van der Waals surface area contributed by atoms with Crippen molar-refractivity contribution in [2.24, 2.45) is 4.99 Å². The van der Waals surface area contributed by atoms with E-state index in [1.807, 2.05) is 28.9 Å². The minimum atomic E-state index is -0.0649. The van der Waals surface area contributed by atoms with Gasteiger partial charge in [-0.1, -0.05) is 12.1 Å². The predicted octanol–water partition coefficient (Wildman–Crippen LogP) is 1.72. The quantitative estimate of drug-likeness (QED) is 0.288. The third kappa shape index (κ3) is 6.94. The second kappa shape index (κ2) is 11.8. The molecule has 10 heteroatoms. The summed E-state index contributed by atoms with van der Waals surface area (Å²) in [5, 5.41) is 14.1. The van der Waals surface area contributed by atoms with E-state index in [0.29, 0.717) is 6.61 Å². The molecule has 0 fully saturated rings. The molecule has 1 aliphatic heterocycles. The predicted molar refractivity (Wildman–Crippen MR) is 127 cm³/mol. The Labute approximate surface area is 194 Å². The number of guanidine groups is 1. The van der Waals surface area contributed by atoms with Crippen LogP contribution in [0.1, 0.15) is 30.6 Å². The molecule has 3 N–H and O–H groups in total. The van der Waals surface area contributed by atoms with Crippen LogP contribution in [0.4, 0.5) is 5.69 Å². The van der Waals surface area contributed by atoms with Crippen molar-refractivity contribution in [1.29, 1.82) is 0 Å². The average Bonchev–Trinajstić information content (AvgIpc) is 3.10. The summed E-state index contributed by atoms with van der Waals surface area (Å²) in [6.07, 6.45) is 2.72. The van der Waals surface area contributed by atoms with Crippen molar-refractivity contribution in [2.75, 3.05) is 26.0 Å². The van der Waals surface area contributed by atoms with Gasteiger partial charge < -0.3 is 20.7 Å². The molecule has 30 heavy (non-hydrogen) atoms. The number of rotatable bonds is 7. The summed E-state index contributed by atoms with van der Waals surface area (Å²) in [6, 6.07) is 8.13. The molecule has 164 valence electrons. The topological polar surface area (TPSA) is 105 Å². The molecule has 0 aliphatic carbocycles. The molecule has 0 bridgehead atoms. The van der Waals surface area contributed by atoms with Gasteiger partial charge in [0.15, 0.2) is 11.8 Å². The lowest BCUT2D eigenvalue weighted by atomic mass is 10.1. The van der Waals surface area contributed by atoms with Gasteiger partial charge in [-0.15, -0.1) is 24.0 Å². The largest absolute Gasteiger partial charge is 0.377 e. The fourth-order valence-electron chi connectivity index (χ4n) is 3.34. The van der Waals surface area contributed by atoms with Crippen LogP contribution in [0.5, 0.6) is 0 Å². The highest BCUT2D eigenvalue weighted by Gasteiger charge is 2.22. The molecule has 1 unspecified atom stereocenters. The smallest absolute Gasteiger partial charge is 0.221 e. The number of aryl methyl sites for hydroxylation is 1. The fraction of sp³-hybridized carbons (Fsp3) is 0.500. The minimum absolute atomic E-state index is 0. The van der Waals surface area contributed by atoms with E-state index < -0.39 is 0 Å². The first kappa shape index (κ1) is 24.1. The molecule has 1 aliphatic rings. The van der Waals surface area contributed by atoms with Gasteiger partial charge >= 0.3 is 0 Å². The first-order chi connectivity index (χ1) is 14.1. The van der Waals surface area contributed by atoms with Crippen molar-refractivity contribution >= 4 is 41.5 Å². The Morgan fingerprint density at radius 3 is 2.77 bits per heavy atom. The Kier molecular flexibility index (Phi) is 9.50. The molecule has 0 saturated heterocycles. The molecular formula is C20H30IN7O2. The number of hydrogen-bond acceptors (Lipinski definition) is 5. The lowest BCUT2D eigenvalue weighted by Crippen LogP contribution is -2.47. The summed E-state index contributed by atoms with van der Waals surface area (Å²) in [5.41, 5.74) is 2.00. The lowest BCUT2D eigenvalue weighted by molar-refractivity contribution is -0.114. The van der Waals surface area contributed by atoms with Gasteiger partial charge in [-0.05, 0) is 30.5 Å². The number of benzene rings is 1. The Morgan fingerprint density at radius 1 is 1.33 bits per heavy atom. The number of fused-ring (bicyclic) bond motifs is 1. The maximum Gasteiger partial charge on any atom is 0.221 e. The molecule has 1 aromatic carbocycles. The molecule has 0 saturated carbocycles. The van der Waals surface area contributed by atoms with Gasteiger partial charge in [-0.3, -0.25) is 9.79 Å². The van der Waals surface area contributed by atoms with E-state index in [-0.39, 0.29) is 35.9 Å². The fourth-order valence-corrected chi connectivity index (χ4v) is 3.34. The third-order valence-corrected chi connectivity index (χ3v) is 4.72. The van der Waals surface area contributed by atoms with Crippen LogP contribution in [0, 0.1) is 0 Å². The van der Waals surface area contributed by atoms with Crippen LogP contribution in [-0.2, 0) is 35.5 Å². The minimum Gasteiger partial charge on any atom is -0.377 e. The van der Waals surface area contributed by atoms with Crippen molar-refractivity contribution in [3.05, 3.63) is 41.5 Å². The second-order valence-corrected chi connectivity index (χ2v) is 7.07. The number of amides is 1. The normalized spacial score (nSPS) is 15.7. The van der Waals surface area contributed by atoms with Crippen LogP contribution in [0.2, 0.25) is 0 Å². The maximum atomic E-state index is 11.1. The van der Waals surface area contributed by atoms with Gasteiger partial charge in [-0.2, -0.15) is 5.10 Å². The summed E-state index contributed by atoms with van der Waals surface area (Å²) in [7, 11) is 3.43. The monoisotopic (exact) mass is 527 g/mol. The van der Waals surface area contributed by atoms with Crippen LogP contribution in [0.15, 0.2) is 29.3 Å². The van der Waals surface area contributed by atoms with Crippen LogP contribution in [0.25, 0.3) is 0 Å². The Hall–Kier alpha value is -2.21. The number of nitrogens with one attached hydrogen (secondary N) is 3. The van der Waals surface area contributed by atoms with Crippen molar-refractivity contribution in [1.82, 2.24) is 25.4 Å². The molecule has 0 radical (unpaired) electrons. The zero-order valence-electron chi connectivity index (χ0n) is 17.6. The summed E-state index contributed by atoms with van der Waals surface area (Å²) in [6.45, 7) is 3.47. The number of hydrogen-bond donors (Lipinski definition) is 3. The number of aromatic nitrogens is 3. The molecule has 3 rings (SSSR count). The molecule has 9 nitrogen and oxygen atoms in total. The second-order valence-electron chi connectivity index (χ2n) is 7.07. The number of carbonyl (C=O) groups excluding carboxylic acids is 1. The van der Waals surface area contributed by atoms with Crippen LogP contribution >= 0.6 is 24.0 Å². The number of ether oxygens (including phenoxy) is 1. The summed E-state index contributed by atoms with van der Waals surface area (Å²) >= 11 is 0. The zero-order chi connectivity index (χ0) is 20.6. The highest BCUT2D eigenvalue weighted by molar-refractivity contribution is 14.0. The van der Waals surface area contributed by atoms with E-state index in [2.05, 4.69) is 31.0 Å². The van der Waals surface area contributed by atoms with Gasteiger partial charge in [0.05, 0.1) is 6.54 Å². The number of methoxy groups -OCH3 is 1. The van der Waals surface area contributed by atoms with E-state index in [0.717, 1.165) is 55.6 Å². The summed E-state index contributed by atoms with van der Waals surface area (Å²) in [4.78, 5) is 19.9. The molecule has 1 atom stereocenters. The molecule has 2 aromatic rings. The van der Waals surface area contributed by atoms with Crippen LogP contribution in [-0.4, -0.2) is 53.4 Å². The highest BCUT2D eigenvalue weighted by atomic mass is 127. The van der Waals surface area contributed by atoms with Gasteiger partial charge in [0.2, 0.25) is 5.91 Å². The standard InChI is InChI=1S/C20H29N7O2.HI/c1-14(28)23-16-6-4-15(5-7-16)10-11-22-20(21-2)24-17-8-9-19-25-18(13-29-3)26-27(19)12-17;/h4-7,17H,8-13H2,1-3H3,(H,23,28)(H2,21,22,24);1H. The van der Waals surface area contributed by atoms with Gasteiger partial charge in [0.25, 0.3) is 0 Å². The van der Waals surface area contributed by atoms with Crippen molar-refractivity contribution in [3.63, 3.8) is 0 Å². The van der Waals surface area contributed by atoms with E-state index in [4.69, 9.17) is 4.74 Å². The number of halogens is 1. The Morgan fingerprint density at radius 2 is 2.10 bits per heavy atom. The Bertz CT molecular complexity index is 851. The number of aliphatic imine (C=N–C) groups is 1. The summed E-state index contributed by atoms with van der Waals surface area (Å²) < 4.78 is 7.07. The van der Waals surface area contributed by atoms with Crippen molar-refractivity contribution < 1.29 is 9.53 Å². The number of carbonyl (C=O) groups is 1. The molecule has 1 amide bonds. The van der Waals surface area contributed by atoms with Crippen LogP contribution < -0.4 is 16.0 Å². The van der Waals surface area contributed by atoms with Crippen molar-refractivity contribution in [2.45, 2.75) is 45.4 Å². The first-order valence-electron chi connectivity index (χ1n) is 9.82. The Balaban J connectivity index is 0.00000320. The average molecular weight is 527 g/mol. The SMILES string of the molecule is CN=C(NCCc1ccc(NC(C)=O)cc1)NC1CCc2nc(COC)nn2C1.I. The van der Waals surface area contributed by atoms with Gasteiger partial charge in [0.1, 0.15) is 12.4 Å². The molecular weight excluding hydrogens is 497 g/mol. The van der Waals surface area contributed by atoms with E-state index >= 15 is 0 Å². The highest BCUT2D eigenvalue weighted by Crippen LogP contribution is 2.13. The zero-order valence-corrected chi connectivity index (χ0v) is 20.0. The van der Waals surface area contributed by atoms with E-state index in [1.165, 1.54) is 12.5 Å². The van der Waals surface area contributed by atoms with E-state index in [1.54, 1.807) is 14.2 Å². The maximum absolute atomic E-state index is 11.1. The van der Waals surface area contributed by atoms with Gasteiger partial charge in [0, 0.05) is 45.8 Å². The lowest BCUT2D eigenvalue weighted by Gasteiger charge is -2.25. The first-order valence-corrected chi connectivity index (χ1v) is 9.82. The van der Waals surface area contributed by atoms with E-state index in [9.17, 15) is 4.79 Å². The molecule has 2 heterocycles. The van der Waals surface area contributed by atoms with Crippen molar-refractivity contribution in [3.8, 4) is 0 Å². The van der Waals surface area contributed by atoms with Gasteiger partial charge in [-0.25, -0.2) is 9.67 Å². The third-order valence-electron chi connectivity index (χ3n) is 4.72. The number of nitrogens with zero attached hydrogens (tertiary/aromatic N) is 4. The number of anilines is 1. The molecule has 0 spiro atoms. The molecule has 1 aromatic heterocycles. The summed E-state index contributed by atoms with van der Waals surface area (Å²) in [5.74, 6) is 2.46.